The van der Waals surface area contributed by atoms with E-state index in [9.17, 15) is 0 Å². The molecule has 0 fully saturated rings. The Bertz CT molecular complexity index is 101. The van der Waals surface area contributed by atoms with Gasteiger partial charge in [0, 0.05) is 24.2 Å². The highest BCUT2D eigenvalue weighted by atomic mass is 32.2. The van der Waals surface area contributed by atoms with Crippen molar-refractivity contribution >= 4 is 11.8 Å². The summed E-state index contributed by atoms with van der Waals surface area (Å²) in [6, 6.07) is 0. The van der Waals surface area contributed by atoms with Crippen molar-refractivity contribution in [1.82, 2.24) is 0 Å². The third kappa shape index (κ3) is 5.86. The van der Waals surface area contributed by atoms with E-state index < -0.39 is 0 Å². The van der Waals surface area contributed by atoms with E-state index >= 15 is 0 Å². The predicted molar refractivity (Wildman–Crippen MR) is 56.7 cm³/mol. The van der Waals surface area contributed by atoms with E-state index in [1.807, 2.05) is 18.7 Å². The predicted octanol–water partition coefficient (Wildman–Crippen LogP) is 1.88. The molecule has 0 aromatic heterocycles. The quantitative estimate of drug-likeness (QED) is 0.667. The Morgan fingerprint density at radius 1 is 1.42 bits per heavy atom. The van der Waals surface area contributed by atoms with E-state index in [-0.39, 0.29) is 6.10 Å². The van der Waals surface area contributed by atoms with Gasteiger partial charge in [-0.3, -0.25) is 0 Å². The third-order valence-electron chi connectivity index (χ3n) is 1.81. The third-order valence-corrected chi connectivity index (χ3v) is 3.27. The minimum atomic E-state index is 0.244. The first-order valence-electron chi connectivity index (χ1n) is 4.67. The monoisotopic (exact) mass is 191 g/mol. The van der Waals surface area contributed by atoms with Gasteiger partial charge < -0.3 is 10.5 Å². The lowest BCUT2D eigenvalue weighted by molar-refractivity contribution is 0.0858. The Labute approximate surface area is 80.2 Å². The second kappa shape index (κ2) is 7.90. The molecule has 0 bridgehead atoms. The standard InChI is InChI=1S/C9H21NOS/c1-4-8(3)12-7-9(6-10)11-5-2/h8-9H,4-7,10H2,1-3H3. The number of thioether (sulfide) groups is 1. The van der Waals surface area contributed by atoms with Gasteiger partial charge in [0.05, 0.1) is 6.10 Å². The lowest BCUT2D eigenvalue weighted by Crippen LogP contribution is -2.26. The number of ether oxygens (including phenoxy) is 1. The van der Waals surface area contributed by atoms with Crippen LogP contribution in [-0.4, -0.2) is 30.3 Å². The summed E-state index contributed by atoms with van der Waals surface area (Å²) < 4.78 is 5.44. The highest BCUT2D eigenvalue weighted by Gasteiger charge is 2.07. The van der Waals surface area contributed by atoms with Crippen LogP contribution >= 0.6 is 11.8 Å². The van der Waals surface area contributed by atoms with Gasteiger partial charge in [-0.1, -0.05) is 13.8 Å². The summed E-state index contributed by atoms with van der Waals surface area (Å²) in [4.78, 5) is 0. The SMILES string of the molecule is CCOC(CN)CSC(C)CC. The average Bonchev–Trinajstić information content (AvgIpc) is 2.11. The van der Waals surface area contributed by atoms with Crippen molar-refractivity contribution in [3.63, 3.8) is 0 Å². The van der Waals surface area contributed by atoms with Crippen LogP contribution in [0, 0.1) is 0 Å². The topological polar surface area (TPSA) is 35.2 Å². The molecule has 74 valence electrons. The van der Waals surface area contributed by atoms with Crippen LogP contribution in [0.1, 0.15) is 27.2 Å². The summed E-state index contributed by atoms with van der Waals surface area (Å²) in [7, 11) is 0. The molecule has 0 aromatic rings. The molecular weight excluding hydrogens is 170 g/mol. The number of nitrogens with two attached hydrogens (primary N) is 1. The Balaban J connectivity index is 3.43. The minimum absolute atomic E-state index is 0.244. The minimum Gasteiger partial charge on any atom is -0.376 e. The van der Waals surface area contributed by atoms with Crippen molar-refractivity contribution in [3.8, 4) is 0 Å². The van der Waals surface area contributed by atoms with E-state index in [0.29, 0.717) is 6.54 Å². The molecule has 2 nitrogen and oxygen atoms in total. The fourth-order valence-electron chi connectivity index (χ4n) is 0.809. The van der Waals surface area contributed by atoms with Crippen LogP contribution in [0.5, 0.6) is 0 Å². The summed E-state index contributed by atoms with van der Waals surface area (Å²) in [5, 5.41) is 0.722. The van der Waals surface area contributed by atoms with Gasteiger partial charge in [0.25, 0.3) is 0 Å². The van der Waals surface area contributed by atoms with Crippen LogP contribution in [0.15, 0.2) is 0 Å². The second-order valence-corrected chi connectivity index (χ2v) is 4.34. The first-order chi connectivity index (χ1) is 5.74. The molecule has 0 aliphatic heterocycles. The first-order valence-corrected chi connectivity index (χ1v) is 5.72. The summed E-state index contributed by atoms with van der Waals surface area (Å²) >= 11 is 1.94. The van der Waals surface area contributed by atoms with Crippen molar-refractivity contribution in [3.05, 3.63) is 0 Å². The number of rotatable bonds is 7. The molecule has 0 heterocycles. The van der Waals surface area contributed by atoms with Crippen molar-refractivity contribution in [2.24, 2.45) is 5.73 Å². The van der Waals surface area contributed by atoms with Gasteiger partial charge in [0.2, 0.25) is 0 Å². The molecule has 0 amide bonds. The van der Waals surface area contributed by atoms with Gasteiger partial charge in [-0.15, -0.1) is 0 Å². The smallest absolute Gasteiger partial charge is 0.0787 e. The Morgan fingerprint density at radius 3 is 2.50 bits per heavy atom. The molecule has 12 heavy (non-hydrogen) atoms. The van der Waals surface area contributed by atoms with Crippen LogP contribution in [0.2, 0.25) is 0 Å². The molecule has 0 aliphatic carbocycles. The van der Waals surface area contributed by atoms with E-state index in [4.69, 9.17) is 10.5 Å². The number of hydrogen-bond donors (Lipinski definition) is 1. The maximum atomic E-state index is 5.55. The Morgan fingerprint density at radius 2 is 2.08 bits per heavy atom. The Hall–Kier alpha value is 0.270. The zero-order chi connectivity index (χ0) is 9.40. The van der Waals surface area contributed by atoms with E-state index in [1.165, 1.54) is 6.42 Å². The molecule has 0 saturated carbocycles. The molecule has 3 heteroatoms. The van der Waals surface area contributed by atoms with Gasteiger partial charge in [-0.05, 0) is 13.3 Å². The average molecular weight is 191 g/mol. The van der Waals surface area contributed by atoms with Crippen molar-refractivity contribution in [2.75, 3.05) is 18.9 Å². The molecule has 0 radical (unpaired) electrons. The van der Waals surface area contributed by atoms with Crippen molar-refractivity contribution in [2.45, 2.75) is 38.5 Å². The van der Waals surface area contributed by atoms with Gasteiger partial charge in [-0.25, -0.2) is 0 Å². The molecule has 0 saturated heterocycles. The largest absolute Gasteiger partial charge is 0.376 e. The maximum absolute atomic E-state index is 5.55. The first kappa shape index (κ1) is 12.3. The van der Waals surface area contributed by atoms with Crippen LogP contribution in [-0.2, 0) is 4.74 Å². The molecule has 0 rings (SSSR count). The molecule has 2 N–H and O–H groups in total. The summed E-state index contributed by atoms with van der Waals surface area (Å²) in [6.07, 6.45) is 1.46. The van der Waals surface area contributed by atoms with Crippen LogP contribution in [0.3, 0.4) is 0 Å². The van der Waals surface area contributed by atoms with Crippen LogP contribution in [0.25, 0.3) is 0 Å². The molecule has 0 spiro atoms. The van der Waals surface area contributed by atoms with Gasteiger partial charge >= 0.3 is 0 Å². The van der Waals surface area contributed by atoms with Crippen LogP contribution < -0.4 is 5.73 Å². The molecule has 0 aromatic carbocycles. The Kier molecular flexibility index (Phi) is 8.07. The second-order valence-electron chi connectivity index (χ2n) is 2.87. The lowest BCUT2D eigenvalue weighted by Gasteiger charge is -2.16. The fraction of sp³-hybridized carbons (Fsp3) is 1.00. The van der Waals surface area contributed by atoms with E-state index in [0.717, 1.165) is 17.6 Å². The van der Waals surface area contributed by atoms with Gasteiger partial charge in [0.1, 0.15) is 0 Å². The maximum Gasteiger partial charge on any atom is 0.0787 e. The molecule has 2 atom stereocenters. The van der Waals surface area contributed by atoms with Crippen molar-refractivity contribution < 1.29 is 4.74 Å². The van der Waals surface area contributed by atoms with Gasteiger partial charge in [-0.2, -0.15) is 11.8 Å². The summed E-state index contributed by atoms with van der Waals surface area (Å²) in [6.45, 7) is 7.86. The normalized spacial score (nSPS) is 16.0. The van der Waals surface area contributed by atoms with Crippen molar-refractivity contribution in [1.29, 1.82) is 0 Å². The zero-order valence-corrected chi connectivity index (χ0v) is 9.19. The van der Waals surface area contributed by atoms with Crippen LogP contribution in [0.4, 0.5) is 0 Å². The zero-order valence-electron chi connectivity index (χ0n) is 8.38. The van der Waals surface area contributed by atoms with E-state index in [2.05, 4.69) is 13.8 Å². The van der Waals surface area contributed by atoms with E-state index in [1.54, 1.807) is 0 Å². The molecule has 0 aliphatic rings. The van der Waals surface area contributed by atoms with Gasteiger partial charge in [0.15, 0.2) is 0 Å². The summed E-state index contributed by atoms with van der Waals surface area (Å²) in [5.41, 5.74) is 5.55. The highest BCUT2D eigenvalue weighted by molar-refractivity contribution is 7.99. The highest BCUT2D eigenvalue weighted by Crippen LogP contribution is 2.15. The molecule has 2 unspecified atom stereocenters. The summed E-state index contributed by atoms with van der Waals surface area (Å²) in [5.74, 6) is 1.03. The fourth-order valence-corrected chi connectivity index (χ4v) is 1.82. The lowest BCUT2D eigenvalue weighted by atomic mass is 10.4. The number of hydrogen-bond acceptors (Lipinski definition) is 3. The molecular formula is C9H21NOS.